The number of nitrogens with zero attached hydrogens (tertiary/aromatic N) is 3. The maximum atomic E-state index is 11.8. The van der Waals surface area contributed by atoms with Gasteiger partial charge in [-0.3, -0.25) is 4.79 Å². The quantitative estimate of drug-likeness (QED) is 0.858. The van der Waals surface area contributed by atoms with Crippen LogP contribution in [0.15, 0.2) is 30.6 Å². The van der Waals surface area contributed by atoms with Gasteiger partial charge in [-0.1, -0.05) is 19.1 Å². The first kappa shape index (κ1) is 13.2. The lowest BCUT2D eigenvalue weighted by atomic mass is 10.1. The second kappa shape index (κ2) is 5.62. The number of aryl methyl sites for hydroxylation is 1. The van der Waals surface area contributed by atoms with E-state index in [1.807, 2.05) is 35.9 Å². The Hall–Kier alpha value is -2.21. The summed E-state index contributed by atoms with van der Waals surface area (Å²) >= 11 is 0. The Kier molecular flexibility index (Phi) is 3.91. The number of hydrogen-bond acceptors (Lipinski definition) is 4. The molecule has 100 valence electrons. The van der Waals surface area contributed by atoms with Crippen LogP contribution in [0.2, 0.25) is 0 Å². The van der Waals surface area contributed by atoms with Crippen molar-refractivity contribution in [1.29, 1.82) is 0 Å². The van der Waals surface area contributed by atoms with Crippen LogP contribution < -0.4 is 11.1 Å². The third kappa shape index (κ3) is 2.97. The molecule has 6 nitrogen and oxygen atoms in total. The van der Waals surface area contributed by atoms with Gasteiger partial charge >= 0.3 is 0 Å². The van der Waals surface area contributed by atoms with Crippen molar-refractivity contribution in [2.75, 3.05) is 11.9 Å². The lowest BCUT2D eigenvalue weighted by Crippen LogP contribution is -2.26. The molecule has 0 fully saturated rings. The van der Waals surface area contributed by atoms with Crippen LogP contribution in [0, 0.1) is 5.92 Å². The molecule has 1 heterocycles. The first-order chi connectivity index (χ1) is 9.11. The zero-order chi connectivity index (χ0) is 13.8. The average molecular weight is 259 g/mol. The first-order valence-electron chi connectivity index (χ1n) is 6.07. The van der Waals surface area contributed by atoms with E-state index in [9.17, 15) is 4.79 Å². The molecule has 0 spiro atoms. The summed E-state index contributed by atoms with van der Waals surface area (Å²) in [6.45, 7) is 2.12. The molecule has 0 radical (unpaired) electrons. The first-order valence-corrected chi connectivity index (χ1v) is 6.07. The number of hydrogen-bond donors (Lipinski definition) is 2. The fraction of sp³-hybridized carbons (Fsp3) is 0.308. The summed E-state index contributed by atoms with van der Waals surface area (Å²) in [5.41, 5.74) is 7.10. The van der Waals surface area contributed by atoms with Gasteiger partial charge in [-0.2, -0.15) is 0 Å². The molecular formula is C13H17N5O. The molecule has 2 rings (SSSR count). The van der Waals surface area contributed by atoms with Crippen LogP contribution in [0.25, 0.3) is 11.4 Å². The van der Waals surface area contributed by atoms with Gasteiger partial charge in [0.2, 0.25) is 5.91 Å². The molecule has 0 aliphatic carbocycles. The van der Waals surface area contributed by atoms with Gasteiger partial charge in [0, 0.05) is 30.8 Å². The summed E-state index contributed by atoms with van der Waals surface area (Å²) in [6.07, 6.45) is 1.64. The summed E-state index contributed by atoms with van der Waals surface area (Å²) in [5, 5.41) is 10.7. The monoisotopic (exact) mass is 259 g/mol. The summed E-state index contributed by atoms with van der Waals surface area (Å²) in [6, 6.07) is 7.49. The van der Waals surface area contributed by atoms with Crippen LogP contribution >= 0.6 is 0 Å². The van der Waals surface area contributed by atoms with Crippen LogP contribution in [0.5, 0.6) is 0 Å². The van der Waals surface area contributed by atoms with Crippen LogP contribution in [-0.2, 0) is 11.8 Å². The number of carbonyl (C=O) groups excluding carboxylic acids is 1. The van der Waals surface area contributed by atoms with Gasteiger partial charge in [-0.05, 0) is 12.1 Å². The number of amides is 1. The predicted octanol–water partition coefficient (Wildman–Crippen LogP) is 1.02. The normalized spacial score (nSPS) is 12.2. The Bertz CT molecular complexity index is 578. The van der Waals surface area contributed by atoms with E-state index < -0.39 is 0 Å². The van der Waals surface area contributed by atoms with Crippen molar-refractivity contribution in [2.24, 2.45) is 18.7 Å². The largest absolute Gasteiger partial charge is 0.330 e. The van der Waals surface area contributed by atoms with Crippen LogP contribution in [0.4, 0.5) is 5.69 Å². The van der Waals surface area contributed by atoms with Crippen molar-refractivity contribution in [1.82, 2.24) is 14.8 Å². The van der Waals surface area contributed by atoms with Gasteiger partial charge in [0.15, 0.2) is 5.82 Å². The average Bonchev–Trinajstić information content (AvgIpc) is 2.84. The molecule has 0 unspecified atom stereocenters. The van der Waals surface area contributed by atoms with Crippen molar-refractivity contribution in [2.45, 2.75) is 6.92 Å². The van der Waals surface area contributed by atoms with E-state index in [0.29, 0.717) is 6.54 Å². The third-order valence-corrected chi connectivity index (χ3v) is 2.90. The summed E-state index contributed by atoms with van der Waals surface area (Å²) in [5.74, 6) is 0.457. The Morgan fingerprint density at radius 2 is 2.32 bits per heavy atom. The van der Waals surface area contributed by atoms with Crippen molar-refractivity contribution in [3.8, 4) is 11.4 Å². The molecule has 0 aliphatic heterocycles. The van der Waals surface area contributed by atoms with Gasteiger partial charge in [-0.25, -0.2) is 0 Å². The fourth-order valence-corrected chi connectivity index (χ4v) is 1.65. The molecule has 6 heteroatoms. The molecule has 0 aliphatic rings. The molecule has 1 aromatic carbocycles. The molecule has 0 saturated heterocycles. The number of carbonyl (C=O) groups is 1. The minimum atomic E-state index is -0.210. The smallest absolute Gasteiger partial charge is 0.228 e. The molecule has 1 aromatic heterocycles. The molecule has 0 bridgehead atoms. The van der Waals surface area contributed by atoms with Crippen molar-refractivity contribution < 1.29 is 4.79 Å². The molecule has 2 aromatic rings. The highest BCUT2D eigenvalue weighted by atomic mass is 16.1. The minimum absolute atomic E-state index is 0.0855. The Morgan fingerprint density at radius 1 is 1.53 bits per heavy atom. The van der Waals surface area contributed by atoms with Gasteiger partial charge in [0.25, 0.3) is 0 Å². The summed E-state index contributed by atoms with van der Waals surface area (Å²) in [4.78, 5) is 11.8. The highest BCUT2D eigenvalue weighted by molar-refractivity contribution is 5.93. The molecule has 0 saturated carbocycles. The number of rotatable bonds is 4. The summed E-state index contributed by atoms with van der Waals surface area (Å²) < 4.78 is 1.82. The van der Waals surface area contributed by atoms with E-state index in [1.54, 1.807) is 13.3 Å². The lowest BCUT2D eigenvalue weighted by molar-refractivity contribution is -0.119. The lowest BCUT2D eigenvalue weighted by Gasteiger charge is -2.10. The summed E-state index contributed by atoms with van der Waals surface area (Å²) in [7, 11) is 1.87. The topological polar surface area (TPSA) is 85.8 Å². The van der Waals surface area contributed by atoms with Crippen LogP contribution in [0.3, 0.4) is 0 Å². The van der Waals surface area contributed by atoms with E-state index in [4.69, 9.17) is 5.73 Å². The minimum Gasteiger partial charge on any atom is -0.330 e. The van der Waals surface area contributed by atoms with E-state index >= 15 is 0 Å². The second-order valence-electron chi connectivity index (χ2n) is 4.47. The number of aromatic nitrogens is 3. The zero-order valence-electron chi connectivity index (χ0n) is 11.0. The SMILES string of the molecule is C[C@@H](CN)C(=O)Nc1cccc(-c2nncn2C)c1. The Morgan fingerprint density at radius 3 is 2.95 bits per heavy atom. The molecular weight excluding hydrogens is 242 g/mol. The molecule has 3 N–H and O–H groups in total. The Balaban J connectivity index is 2.21. The van der Waals surface area contributed by atoms with Gasteiger partial charge < -0.3 is 15.6 Å². The molecule has 1 amide bonds. The van der Waals surface area contributed by atoms with Crippen molar-refractivity contribution in [3.63, 3.8) is 0 Å². The Labute approximate surface area is 111 Å². The highest BCUT2D eigenvalue weighted by Gasteiger charge is 2.11. The number of nitrogens with two attached hydrogens (primary N) is 1. The molecule has 19 heavy (non-hydrogen) atoms. The van der Waals surface area contributed by atoms with Crippen LogP contribution in [0.1, 0.15) is 6.92 Å². The van der Waals surface area contributed by atoms with Crippen molar-refractivity contribution >= 4 is 11.6 Å². The van der Waals surface area contributed by atoms with Gasteiger partial charge in [0.05, 0.1) is 0 Å². The van der Waals surface area contributed by atoms with E-state index in [0.717, 1.165) is 17.1 Å². The highest BCUT2D eigenvalue weighted by Crippen LogP contribution is 2.20. The second-order valence-corrected chi connectivity index (χ2v) is 4.47. The number of benzene rings is 1. The van der Waals surface area contributed by atoms with E-state index in [1.165, 1.54) is 0 Å². The maximum absolute atomic E-state index is 11.8. The number of nitrogens with one attached hydrogen (secondary N) is 1. The van der Waals surface area contributed by atoms with Gasteiger partial charge in [-0.15, -0.1) is 10.2 Å². The van der Waals surface area contributed by atoms with Gasteiger partial charge in [0.1, 0.15) is 6.33 Å². The van der Waals surface area contributed by atoms with Crippen LogP contribution in [-0.4, -0.2) is 27.2 Å². The third-order valence-electron chi connectivity index (χ3n) is 2.90. The maximum Gasteiger partial charge on any atom is 0.228 e. The zero-order valence-corrected chi connectivity index (χ0v) is 11.0. The fourth-order valence-electron chi connectivity index (χ4n) is 1.65. The molecule has 1 atom stereocenters. The number of anilines is 1. The standard InChI is InChI=1S/C13H17N5O/c1-9(7-14)13(19)16-11-5-3-4-10(6-11)12-17-15-8-18(12)2/h3-6,8-9H,7,14H2,1-2H3,(H,16,19)/t9-/m0/s1. The van der Waals surface area contributed by atoms with Crippen molar-refractivity contribution in [3.05, 3.63) is 30.6 Å². The predicted molar refractivity (Wildman–Crippen MR) is 73.3 cm³/mol. The van der Waals surface area contributed by atoms with E-state index in [2.05, 4.69) is 15.5 Å². The van der Waals surface area contributed by atoms with E-state index in [-0.39, 0.29) is 11.8 Å².